The second kappa shape index (κ2) is 5.29. The van der Waals surface area contributed by atoms with Crippen molar-refractivity contribution in [3.05, 3.63) is 18.0 Å². The van der Waals surface area contributed by atoms with E-state index in [-0.39, 0.29) is 18.9 Å². The molecule has 0 aliphatic carbocycles. The van der Waals surface area contributed by atoms with Gasteiger partial charge in [-0.1, -0.05) is 0 Å². The molecule has 0 spiro atoms. The molecule has 2 rings (SSSR count). The Kier molecular flexibility index (Phi) is 3.75. The quantitative estimate of drug-likeness (QED) is 0.668. The Labute approximate surface area is 99.4 Å². The fourth-order valence-corrected chi connectivity index (χ4v) is 1.98. The number of aromatic amines is 1. The highest BCUT2D eigenvalue weighted by atomic mass is 16.5. The van der Waals surface area contributed by atoms with Crippen molar-refractivity contribution >= 4 is 5.91 Å². The molecule has 1 aliphatic rings. The van der Waals surface area contributed by atoms with Gasteiger partial charge in [-0.15, -0.1) is 0 Å². The molecule has 2 heterocycles. The van der Waals surface area contributed by atoms with Gasteiger partial charge in [-0.2, -0.15) is 5.10 Å². The molecule has 0 atom stereocenters. The molecule has 6 heteroatoms. The summed E-state index contributed by atoms with van der Waals surface area (Å²) in [5.41, 5.74) is 0.248. The van der Waals surface area contributed by atoms with Crippen LogP contribution in [0.25, 0.3) is 0 Å². The first-order valence-corrected chi connectivity index (χ1v) is 5.72. The highest BCUT2D eigenvalue weighted by Gasteiger charge is 2.33. The van der Waals surface area contributed by atoms with Gasteiger partial charge in [0, 0.05) is 25.1 Å². The largest absolute Gasteiger partial charge is 0.394 e. The maximum absolute atomic E-state index is 11.8. The third kappa shape index (κ3) is 3.04. The van der Waals surface area contributed by atoms with Crippen LogP contribution in [0.3, 0.4) is 0 Å². The second-order valence-electron chi connectivity index (χ2n) is 4.36. The average Bonchev–Trinajstić information content (AvgIpc) is 2.83. The molecule has 17 heavy (non-hydrogen) atoms. The minimum atomic E-state index is -0.518. The van der Waals surface area contributed by atoms with Crippen molar-refractivity contribution in [3.63, 3.8) is 0 Å². The summed E-state index contributed by atoms with van der Waals surface area (Å²) in [4.78, 5) is 11.8. The van der Waals surface area contributed by atoms with Crippen molar-refractivity contribution in [2.24, 2.45) is 0 Å². The number of nitrogens with one attached hydrogen (secondary N) is 2. The predicted molar refractivity (Wildman–Crippen MR) is 60.3 cm³/mol. The average molecular weight is 239 g/mol. The number of ether oxygens (including phenoxy) is 1. The van der Waals surface area contributed by atoms with Crippen LogP contribution in [0.5, 0.6) is 0 Å². The molecule has 6 nitrogen and oxygen atoms in total. The zero-order chi connectivity index (χ0) is 12.1. The molecule has 1 amide bonds. The molecule has 0 aromatic carbocycles. The number of carbonyl (C=O) groups excluding carboxylic acids is 1. The number of rotatable bonds is 4. The normalized spacial score (nSPS) is 18.9. The van der Waals surface area contributed by atoms with E-state index in [0.29, 0.717) is 26.1 Å². The Morgan fingerprint density at radius 2 is 2.35 bits per heavy atom. The molecule has 0 bridgehead atoms. The molecular weight excluding hydrogens is 222 g/mol. The summed E-state index contributed by atoms with van der Waals surface area (Å²) in [7, 11) is 0. The molecule has 0 saturated carbocycles. The lowest BCUT2D eigenvalue weighted by Crippen LogP contribution is -2.55. The number of aromatic nitrogens is 2. The van der Waals surface area contributed by atoms with Crippen molar-refractivity contribution in [2.45, 2.75) is 24.8 Å². The van der Waals surface area contributed by atoms with E-state index in [1.54, 1.807) is 12.3 Å². The molecule has 3 N–H and O–H groups in total. The highest BCUT2D eigenvalue weighted by molar-refractivity contribution is 5.78. The maximum atomic E-state index is 11.8. The van der Waals surface area contributed by atoms with E-state index < -0.39 is 5.54 Å². The van der Waals surface area contributed by atoms with Gasteiger partial charge in [-0.05, 0) is 18.9 Å². The summed E-state index contributed by atoms with van der Waals surface area (Å²) in [5.74, 6) is -0.106. The van der Waals surface area contributed by atoms with Gasteiger partial charge in [-0.25, -0.2) is 0 Å². The van der Waals surface area contributed by atoms with E-state index in [0.717, 1.165) is 5.69 Å². The zero-order valence-corrected chi connectivity index (χ0v) is 9.61. The topological polar surface area (TPSA) is 87.2 Å². The van der Waals surface area contributed by atoms with Gasteiger partial charge < -0.3 is 15.2 Å². The van der Waals surface area contributed by atoms with E-state index in [2.05, 4.69) is 15.5 Å². The summed E-state index contributed by atoms with van der Waals surface area (Å²) in [5, 5.41) is 18.9. The van der Waals surface area contributed by atoms with Crippen molar-refractivity contribution in [2.75, 3.05) is 19.8 Å². The van der Waals surface area contributed by atoms with Crippen LogP contribution in [0.4, 0.5) is 0 Å². The van der Waals surface area contributed by atoms with Gasteiger partial charge in [0.2, 0.25) is 5.91 Å². The number of nitrogens with zero attached hydrogens (tertiary/aromatic N) is 1. The van der Waals surface area contributed by atoms with E-state index in [9.17, 15) is 9.90 Å². The number of amides is 1. The van der Waals surface area contributed by atoms with E-state index in [4.69, 9.17) is 4.74 Å². The van der Waals surface area contributed by atoms with E-state index >= 15 is 0 Å². The van der Waals surface area contributed by atoms with Gasteiger partial charge in [0.1, 0.15) is 0 Å². The summed E-state index contributed by atoms with van der Waals surface area (Å²) >= 11 is 0. The molecule has 1 saturated heterocycles. The van der Waals surface area contributed by atoms with Gasteiger partial charge in [0.25, 0.3) is 0 Å². The third-order valence-electron chi connectivity index (χ3n) is 3.07. The van der Waals surface area contributed by atoms with Crippen molar-refractivity contribution in [1.29, 1.82) is 0 Å². The minimum absolute atomic E-state index is 0.0505. The molecule has 1 aromatic heterocycles. The number of carbonyl (C=O) groups is 1. The van der Waals surface area contributed by atoms with Crippen LogP contribution in [-0.2, 0) is 16.0 Å². The first-order chi connectivity index (χ1) is 8.24. The van der Waals surface area contributed by atoms with Crippen LogP contribution in [0.2, 0.25) is 0 Å². The Morgan fingerprint density at radius 3 is 2.94 bits per heavy atom. The van der Waals surface area contributed by atoms with Crippen molar-refractivity contribution < 1.29 is 14.6 Å². The first-order valence-electron chi connectivity index (χ1n) is 5.72. The SMILES string of the molecule is O=C(Cc1ccn[nH]1)NC1(CO)CCOCC1. The summed E-state index contributed by atoms with van der Waals surface area (Å²) in [6.07, 6.45) is 3.16. The number of aliphatic hydroxyl groups is 1. The fourth-order valence-electron chi connectivity index (χ4n) is 1.98. The Bertz CT molecular complexity index is 358. The Balaban J connectivity index is 1.91. The van der Waals surface area contributed by atoms with Gasteiger partial charge in [-0.3, -0.25) is 9.89 Å². The molecular formula is C11H17N3O3. The highest BCUT2D eigenvalue weighted by Crippen LogP contribution is 2.20. The van der Waals surface area contributed by atoms with Crippen molar-refractivity contribution in [1.82, 2.24) is 15.5 Å². The minimum Gasteiger partial charge on any atom is -0.394 e. The standard InChI is InChI=1S/C11H17N3O3/c15-8-11(2-5-17-6-3-11)13-10(16)7-9-1-4-12-14-9/h1,4,15H,2-3,5-8H2,(H,12,14)(H,13,16). The third-order valence-corrected chi connectivity index (χ3v) is 3.07. The number of hydrogen-bond donors (Lipinski definition) is 3. The molecule has 94 valence electrons. The Morgan fingerprint density at radius 1 is 1.59 bits per heavy atom. The molecule has 0 radical (unpaired) electrons. The molecule has 1 aliphatic heterocycles. The molecule has 0 unspecified atom stereocenters. The number of aliphatic hydroxyl groups excluding tert-OH is 1. The predicted octanol–water partition coefficient (Wildman–Crippen LogP) is -0.390. The zero-order valence-electron chi connectivity index (χ0n) is 9.61. The van der Waals surface area contributed by atoms with E-state index in [1.807, 2.05) is 0 Å². The van der Waals surface area contributed by atoms with Gasteiger partial charge >= 0.3 is 0 Å². The van der Waals surface area contributed by atoms with Crippen LogP contribution in [0.1, 0.15) is 18.5 Å². The van der Waals surface area contributed by atoms with Crippen molar-refractivity contribution in [3.8, 4) is 0 Å². The lowest BCUT2D eigenvalue weighted by Gasteiger charge is -2.36. The summed E-state index contributed by atoms with van der Waals surface area (Å²) < 4.78 is 5.24. The first kappa shape index (κ1) is 12.1. The fraction of sp³-hybridized carbons (Fsp3) is 0.636. The molecule has 1 fully saturated rings. The lowest BCUT2D eigenvalue weighted by atomic mass is 9.91. The van der Waals surface area contributed by atoms with E-state index in [1.165, 1.54) is 0 Å². The second-order valence-corrected chi connectivity index (χ2v) is 4.36. The Hall–Kier alpha value is -1.40. The monoisotopic (exact) mass is 239 g/mol. The van der Waals surface area contributed by atoms with Gasteiger partial charge in [0.15, 0.2) is 0 Å². The van der Waals surface area contributed by atoms with Crippen LogP contribution in [0, 0.1) is 0 Å². The summed E-state index contributed by atoms with van der Waals surface area (Å²) in [6, 6.07) is 1.76. The van der Waals surface area contributed by atoms with Crippen LogP contribution >= 0.6 is 0 Å². The number of H-pyrrole nitrogens is 1. The lowest BCUT2D eigenvalue weighted by molar-refractivity contribution is -0.124. The van der Waals surface area contributed by atoms with Crippen LogP contribution in [0.15, 0.2) is 12.3 Å². The molecule has 1 aromatic rings. The number of hydrogen-bond acceptors (Lipinski definition) is 4. The summed E-state index contributed by atoms with van der Waals surface area (Å²) in [6.45, 7) is 1.10. The smallest absolute Gasteiger partial charge is 0.226 e. The maximum Gasteiger partial charge on any atom is 0.226 e. The van der Waals surface area contributed by atoms with Gasteiger partial charge in [0.05, 0.1) is 18.6 Å². The van der Waals surface area contributed by atoms with Crippen LogP contribution < -0.4 is 5.32 Å². The van der Waals surface area contributed by atoms with Crippen LogP contribution in [-0.4, -0.2) is 46.6 Å².